The summed E-state index contributed by atoms with van der Waals surface area (Å²) >= 11 is 6.28. The SMILES string of the molecule is Clc1cccc([C@@H](CN2CCNCC2)C2CCCCCC2)c1. The molecule has 0 bridgehead atoms. The maximum Gasteiger partial charge on any atom is 0.0408 e. The summed E-state index contributed by atoms with van der Waals surface area (Å²) in [6.07, 6.45) is 8.44. The van der Waals surface area contributed by atoms with E-state index in [2.05, 4.69) is 28.4 Å². The van der Waals surface area contributed by atoms with Crippen molar-refractivity contribution in [1.29, 1.82) is 0 Å². The minimum absolute atomic E-state index is 0.648. The lowest BCUT2D eigenvalue weighted by atomic mass is 9.81. The molecule has 0 aromatic heterocycles. The Morgan fingerprint density at radius 3 is 2.50 bits per heavy atom. The second kappa shape index (κ2) is 8.33. The Morgan fingerprint density at radius 1 is 1.09 bits per heavy atom. The molecule has 122 valence electrons. The van der Waals surface area contributed by atoms with Gasteiger partial charge in [0, 0.05) is 37.7 Å². The first-order chi connectivity index (χ1) is 10.8. The van der Waals surface area contributed by atoms with Crippen LogP contribution in [0.15, 0.2) is 24.3 Å². The van der Waals surface area contributed by atoms with Crippen molar-refractivity contribution in [3.8, 4) is 0 Å². The second-order valence-corrected chi connectivity index (χ2v) is 7.40. The first-order valence-electron chi connectivity index (χ1n) is 9.01. The molecule has 3 rings (SSSR count). The molecule has 0 radical (unpaired) electrons. The molecule has 0 unspecified atom stereocenters. The summed E-state index contributed by atoms with van der Waals surface area (Å²) in [6.45, 7) is 5.83. The van der Waals surface area contributed by atoms with Crippen LogP contribution in [-0.4, -0.2) is 37.6 Å². The molecule has 0 spiro atoms. The van der Waals surface area contributed by atoms with E-state index in [0.29, 0.717) is 5.92 Å². The highest BCUT2D eigenvalue weighted by Crippen LogP contribution is 2.36. The lowest BCUT2D eigenvalue weighted by Gasteiger charge is -2.35. The Kier molecular flexibility index (Phi) is 6.17. The van der Waals surface area contributed by atoms with Gasteiger partial charge >= 0.3 is 0 Å². The van der Waals surface area contributed by atoms with Crippen molar-refractivity contribution >= 4 is 11.6 Å². The van der Waals surface area contributed by atoms with Gasteiger partial charge in [-0.2, -0.15) is 0 Å². The number of nitrogens with one attached hydrogen (secondary N) is 1. The Labute approximate surface area is 140 Å². The quantitative estimate of drug-likeness (QED) is 0.832. The van der Waals surface area contributed by atoms with Gasteiger partial charge < -0.3 is 10.2 Å². The number of rotatable bonds is 4. The molecular formula is C19H29ClN2. The van der Waals surface area contributed by atoms with Crippen LogP contribution in [0.25, 0.3) is 0 Å². The van der Waals surface area contributed by atoms with Crippen LogP contribution < -0.4 is 5.32 Å². The third kappa shape index (κ3) is 4.47. The molecule has 1 saturated heterocycles. The number of hydrogen-bond donors (Lipinski definition) is 1. The Hall–Kier alpha value is -0.570. The van der Waals surface area contributed by atoms with Gasteiger partial charge in [-0.15, -0.1) is 0 Å². The van der Waals surface area contributed by atoms with Gasteiger partial charge in [0.2, 0.25) is 0 Å². The van der Waals surface area contributed by atoms with Gasteiger partial charge in [-0.05, 0) is 42.4 Å². The maximum absolute atomic E-state index is 6.28. The van der Waals surface area contributed by atoms with Gasteiger partial charge in [0.25, 0.3) is 0 Å². The van der Waals surface area contributed by atoms with E-state index in [9.17, 15) is 0 Å². The zero-order valence-electron chi connectivity index (χ0n) is 13.6. The highest BCUT2D eigenvalue weighted by atomic mass is 35.5. The lowest BCUT2D eigenvalue weighted by Crippen LogP contribution is -2.45. The van der Waals surface area contributed by atoms with Crippen LogP contribution in [-0.2, 0) is 0 Å². The number of benzene rings is 1. The molecule has 1 aliphatic carbocycles. The van der Waals surface area contributed by atoms with Crippen LogP contribution in [0.2, 0.25) is 5.02 Å². The predicted octanol–water partition coefficient (Wildman–Crippen LogP) is 4.30. The first-order valence-corrected chi connectivity index (χ1v) is 9.39. The highest BCUT2D eigenvalue weighted by Gasteiger charge is 2.27. The number of nitrogens with zero attached hydrogens (tertiary/aromatic N) is 1. The van der Waals surface area contributed by atoms with Crippen LogP contribution in [0.5, 0.6) is 0 Å². The molecule has 22 heavy (non-hydrogen) atoms. The molecule has 1 atom stereocenters. The van der Waals surface area contributed by atoms with E-state index in [0.717, 1.165) is 24.0 Å². The standard InChI is InChI=1S/C19H29ClN2/c20-18-9-5-8-17(14-18)19(15-22-12-10-21-11-13-22)16-6-3-1-2-4-7-16/h5,8-9,14,16,19,21H,1-4,6-7,10-13,15H2/t19-/m0/s1. The van der Waals surface area contributed by atoms with Gasteiger partial charge in [0.15, 0.2) is 0 Å². The van der Waals surface area contributed by atoms with E-state index in [1.54, 1.807) is 0 Å². The van der Waals surface area contributed by atoms with Crippen LogP contribution >= 0.6 is 11.6 Å². The third-order valence-corrected chi connectivity index (χ3v) is 5.65. The summed E-state index contributed by atoms with van der Waals surface area (Å²) in [5.74, 6) is 1.48. The molecule has 2 nitrogen and oxygen atoms in total. The minimum atomic E-state index is 0.648. The van der Waals surface area contributed by atoms with Crippen molar-refractivity contribution < 1.29 is 0 Å². The van der Waals surface area contributed by atoms with Crippen LogP contribution in [0.1, 0.15) is 50.0 Å². The fraction of sp³-hybridized carbons (Fsp3) is 0.684. The third-order valence-electron chi connectivity index (χ3n) is 5.41. The molecule has 1 saturated carbocycles. The van der Waals surface area contributed by atoms with Gasteiger partial charge in [-0.1, -0.05) is 49.4 Å². The van der Waals surface area contributed by atoms with E-state index in [4.69, 9.17) is 11.6 Å². The van der Waals surface area contributed by atoms with Crippen molar-refractivity contribution in [2.75, 3.05) is 32.7 Å². The van der Waals surface area contributed by atoms with Gasteiger partial charge in [-0.25, -0.2) is 0 Å². The van der Waals surface area contributed by atoms with Crippen molar-refractivity contribution in [2.45, 2.75) is 44.4 Å². The maximum atomic E-state index is 6.28. The molecule has 1 N–H and O–H groups in total. The van der Waals surface area contributed by atoms with Crippen molar-refractivity contribution in [1.82, 2.24) is 10.2 Å². The summed E-state index contributed by atoms with van der Waals surface area (Å²) in [6, 6.07) is 8.63. The van der Waals surface area contributed by atoms with E-state index >= 15 is 0 Å². The monoisotopic (exact) mass is 320 g/mol. The van der Waals surface area contributed by atoms with E-state index in [-0.39, 0.29) is 0 Å². The van der Waals surface area contributed by atoms with Crippen LogP contribution in [0.4, 0.5) is 0 Å². The zero-order chi connectivity index (χ0) is 15.2. The van der Waals surface area contributed by atoms with Crippen molar-refractivity contribution in [3.63, 3.8) is 0 Å². The average molecular weight is 321 g/mol. The second-order valence-electron chi connectivity index (χ2n) is 6.96. The molecule has 3 heteroatoms. The molecule has 1 heterocycles. The van der Waals surface area contributed by atoms with Crippen LogP contribution in [0, 0.1) is 5.92 Å². The molecule has 1 aromatic carbocycles. The largest absolute Gasteiger partial charge is 0.314 e. The van der Waals surface area contributed by atoms with Crippen LogP contribution in [0.3, 0.4) is 0 Å². The number of halogens is 1. The number of hydrogen-bond acceptors (Lipinski definition) is 2. The Balaban J connectivity index is 1.77. The normalized spacial score (nSPS) is 23.1. The number of piperazine rings is 1. The fourth-order valence-electron chi connectivity index (χ4n) is 4.15. The summed E-state index contributed by atoms with van der Waals surface area (Å²) < 4.78 is 0. The summed E-state index contributed by atoms with van der Waals surface area (Å²) in [5.41, 5.74) is 1.46. The summed E-state index contributed by atoms with van der Waals surface area (Å²) in [5, 5.41) is 4.35. The Morgan fingerprint density at radius 2 is 1.82 bits per heavy atom. The first kappa shape index (κ1) is 16.3. The predicted molar refractivity (Wildman–Crippen MR) is 94.7 cm³/mol. The average Bonchev–Trinajstić information content (AvgIpc) is 2.83. The highest BCUT2D eigenvalue weighted by molar-refractivity contribution is 6.30. The summed E-state index contributed by atoms with van der Waals surface area (Å²) in [4.78, 5) is 2.65. The minimum Gasteiger partial charge on any atom is -0.314 e. The van der Waals surface area contributed by atoms with Gasteiger partial charge in [0.1, 0.15) is 0 Å². The zero-order valence-corrected chi connectivity index (χ0v) is 14.3. The summed E-state index contributed by atoms with van der Waals surface area (Å²) in [7, 11) is 0. The lowest BCUT2D eigenvalue weighted by molar-refractivity contribution is 0.198. The molecule has 1 aromatic rings. The van der Waals surface area contributed by atoms with E-state index in [1.165, 1.54) is 63.7 Å². The molecule has 0 amide bonds. The van der Waals surface area contributed by atoms with E-state index < -0.39 is 0 Å². The van der Waals surface area contributed by atoms with Gasteiger partial charge in [-0.3, -0.25) is 0 Å². The fourth-order valence-corrected chi connectivity index (χ4v) is 4.35. The smallest absolute Gasteiger partial charge is 0.0408 e. The Bertz CT molecular complexity index is 449. The van der Waals surface area contributed by atoms with Crippen molar-refractivity contribution in [2.24, 2.45) is 5.92 Å². The molecule has 1 aliphatic heterocycles. The molecular weight excluding hydrogens is 292 g/mol. The molecule has 2 fully saturated rings. The molecule has 2 aliphatic rings. The van der Waals surface area contributed by atoms with Gasteiger partial charge in [0.05, 0.1) is 0 Å². The van der Waals surface area contributed by atoms with Crippen molar-refractivity contribution in [3.05, 3.63) is 34.9 Å². The van der Waals surface area contributed by atoms with E-state index in [1.807, 2.05) is 6.07 Å². The topological polar surface area (TPSA) is 15.3 Å².